The second kappa shape index (κ2) is 6.67. The molecule has 7 nitrogen and oxygen atoms in total. The molecule has 0 saturated carbocycles. The van der Waals surface area contributed by atoms with Gasteiger partial charge >= 0.3 is 5.97 Å². The van der Waals surface area contributed by atoms with Gasteiger partial charge in [-0.05, 0) is 20.8 Å². The van der Waals surface area contributed by atoms with Gasteiger partial charge in [0, 0.05) is 19.3 Å². The summed E-state index contributed by atoms with van der Waals surface area (Å²) >= 11 is 0. The summed E-state index contributed by atoms with van der Waals surface area (Å²) < 4.78 is 0. The first-order valence-electron chi connectivity index (χ1n) is 6.08. The molecule has 104 valence electrons. The smallest absolute Gasteiger partial charge is 0.341 e. The van der Waals surface area contributed by atoms with E-state index in [1.54, 1.807) is 11.8 Å². The average Bonchev–Trinajstić information content (AvgIpc) is 2.37. The minimum Gasteiger partial charge on any atom is -0.477 e. The molecular formula is C12H18N4O3. The van der Waals surface area contributed by atoms with E-state index in [4.69, 9.17) is 5.11 Å². The molecule has 0 aliphatic heterocycles. The fraction of sp³-hybridized carbons (Fsp3) is 0.500. The number of hydrogen-bond acceptors (Lipinski definition) is 5. The second-order valence-electron chi connectivity index (χ2n) is 3.90. The summed E-state index contributed by atoms with van der Waals surface area (Å²) in [6, 6.07) is 0. The van der Waals surface area contributed by atoms with Crippen molar-refractivity contribution in [3.63, 3.8) is 0 Å². The predicted molar refractivity (Wildman–Crippen MR) is 70.1 cm³/mol. The number of anilines is 1. The predicted octanol–water partition coefficient (Wildman–Crippen LogP) is 0.764. The summed E-state index contributed by atoms with van der Waals surface area (Å²) in [7, 11) is 0. The van der Waals surface area contributed by atoms with E-state index in [9.17, 15) is 9.59 Å². The highest BCUT2D eigenvalue weighted by molar-refractivity contribution is 5.93. The number of amides is 1. The molecule has 0 radical (unpaired) electrons. The molecular weight excluding hydrogens is 248 g/mol. The topological polar surface area (TPSA) is 95.4 Å². The highest BCUT2D eigenvalue weighted by Crippen LogP contribution is 2.11. The highest BCUT2D eigenvalue weighted by atomic mass is 16.4. The number of carbonyl (C=O) groups is 2. The van der Waals surface area contributed by atoms with Crippen LogP contribution in [0.5, 0.6) is 0 Å². The Balaban J connectivity index is 2.79. The van der Waals surface area contributed by atoms with Crippen molar-refractivity contribution in [3.05, 3.63) is 17.6 Å². The van der Waals surface area contributed by atoms with E-state index in [1.165, 1.54) is 6.20 Å². The zero-order chi connectivity index (χ0) is 14.4. The number of aromatic carboxylic acids is 1. The lowest BCUT2D eigenvalue weighted by molar-refractivity contribution is -0.128. The van der Waals surface area contributed by atoms with Gasteiger partial charge in [-0.25, -0.2) is 14.8 Å². The van der Waals surface area contributed by atoms with Gasteiger partial charge in [-0.15, -0.1) is 0 Å². The standard InChI is InChI=1S/C12H18N4O3/c1-4-16(5-2)10(17)7-14-11-9(12(18)19)6-13-8(3)15-11/h6H,4-5,7H2,1-3H3,(H,18,19)(H,13,14,15). The van der Waals surface area contributed by atoms with E-state index in [1.807, 2.05) is 13.8 Å². The number of nitrogens with zero attached hydrogens (tertiary/aromatic N) is 3. The van der Waals surface area contributed by atoms with Gasteiger partial charge in [-0.2, -0.15) is 0 Å². The normalized spacial score (nSPS) is 10.1. The quantitative estimate of drug-likeness (QED) is 0.789. The van der Waals surface area contributed by atoms with E-state index in [0.29, 0.717) is 18.9 Å². The zero-order valence-corrected chi connectivity index (χ0v) is 11.3. The molecule has 0 aliphatic carbocycles. The Hall–Kier alpha value is -2.18. The molecule has 0 spiro atoms. The summed E-state index contributed by atoms with van der Waals surface area (Å²) in [4.78, 5) is 32.3. The molecule has 2 N–H and O–H groups in total. The fourth-order valence-corrected chi connectivity index (χ4v) is 1.61. The molecule has 0 unspecified atom stereocenters. The van der Waals surface area contributed by atoms with Crippen LogP contribution in [-0.4, -0.2) is 51.5 Å². The molecule has 1 heterocycles. The maximum atomic E-state index is 11.8. The van der Waals surface area contributed by atoms with Crippen LogP contribution in [0.1, 0.15) is 30.0 Å². The zero-order valence-electron chi connectivity index (χ0n) is 11.3. The van der Waals surface area contributed by atoms with Gasteiger partial charge < -0.3 is 15.3 Å². The van der Waals surface area contributed by atoms with Gasteiger partial charge in [-0.1, -0.05) is 0 Å². The molecule has 0 aliphatic rings. The largest absolute Gasteiger partial charge is 0.477 e. The van der Waals surface area contributed by atoms with Crippen LogP contribution in [0.4, 0.5) is 5.82 Å². The van der Waals surface area contributed by atoms with Crippen LogP contribution in [-0.2, 0) is 4.79 Å². The van der Waals surface area contributed by atoms with Gasteiger partial charge in [0.15, 0.2) is 0 Å². The second-order valence-corrected chi connectivity index (χ2v) is 3.90. The van der Waals surface area contributed by atoms with E-state index < -0.39 is 5.97 Å². The Morgan fingerprint density at radius 2 is 2.00 bits per heavy atom. The van der Waals surface area contributed by atoms with Crippen molar-refractivity contribution in [2.75, 3.05) is 25.0 Å². The van der Waals surface area contributed by atoms with Crippen LogP contribution in [0.2, 0.25) is 0 Å². The SMILES string of the molecule is CCN(CC)C(=O)CNc1nc(C)ncc1C(=O)O. The molecule has 0 atom stereocenters. The van der Waals surface area contributed by atoms with Crippen LogP contribution < -0.4 is 5.32 Å². The Morgan fingerprint density at radius 3 is 2.53 bits per heavy atom. The van der Waals surface area contributed by atoms with Gasteiger partial charge in [0.05, 0.1) is 6.54 Å². The van der Waals surface area contributed by atoms with Crippen molar-refractivity contribution >= 4 is 17.7 Å². The van der Waals surface area contributed by atoms with Crippen molar-refractivity contribution in [2.45, 2.75) is 20.8 Å². The first-order chi connectivity index (χ1) is 8.99. The summed E-state index contributed by atoms with van der Waals surface area (Å²) in [5, 5.41) is 11.8. The minimum atomic E-state index is -1.13. The van der Waals surface area contributed by atoms with Gasteiger partial charge in [0.2, 0.25) is 5.91 Å². The highest BCUT2D eigenvalue weighted by Gasteiger charge is 2.15. The van der Waals surface area contributed by atoms with Crippen molar-refractivity contribution in [3.8, 4) is 0 Å². The molecule has 0 saturated heterocycles. The number of aromatic nitrogens is 2. The number of carbonyl (C=O) groups excluding carboxylic acids is 1. The van der Waals surface area contributed by atoms with Crippen LogP contribution in [0.25, 0.3) is 0 Å². The number of carboxylic acid groups (broad SMARTS) is 1. The molecule has 1 aromatic heterocycles. The molecule has 0 bridgehead atoms. The van der Waals surface area contributed by atoms with E-state index >= 15 is 0 Å². The minimum absolute atomic E-state index is 0.0123. The number of nitrogens with one attached hydrogen (secondary N) is 1. The summed E-state index contributed by atoms with van der Waals surface area (Å²) in [5.41, 5.74) is -0.0436. The van der Waals surface area contributed by atoms with Gasteiger partial charge in [0.25, 0.3) is 0 Å². The summed E-state index contributed by atoms with van der Waals surface area (Å²) in [6.45, 7) is 6.68. The monoisotopic (exact) mass is 266 g/mol. The lowest BCUT2D eigenvalue weighted by atomic mass is 10.3. The maximum Gasteiger partial charge on any atom is 0.341 e. The molecule has 19 heavy (non-hydrogen) atoms. The molecule has 7 heteroatoms. The third-order valence-electron chi connectivity index (χ3n) is 2.66. The first kappa shape index (κ1) is 14.9. The van der Waals surface area contributed by atoms with Gasteiger partial charge in [-0.3, -0.25) is 4.79 Å². The van der Waals surface area contributed by atoms with Crippen LogP contribution >= 0.6 is 0 Å². The molecule has 1 aromatic rings. The van der Waals surface area contributed by atoms with Crippen LogP contribution in [0.3, 0.4) is 0 Å². The number of hydrogen-bond donors (Lipinski definition) is 2. The first-order valence-corrected chi connectivity index (χ1v) is 6.08. The summed E-state index contributed by atoms with van der Waals surface area (Å²) in [5.74, 6) is -0.612. The molecule has 1 rings (SSSR count). The fourth-order valence-electron chi connectivity index (χ4n) is 1.61. The number of rotatable bonds is 6. The lowest BCUT2D eigenvalue weighted by Gasteiger charge is -2.19. The van der Waals surface area contributed by atoms with E-state index in [2.05, 4.69) is 15.3 Å². The molecule has 0 aromatic carbocycles. The average molecular weight is 266 g/mol. The van der Waals surface area contributed by atoms with Crippen molar-refractivity contribution in [2.24, 2.45) is 0 Å². The van der Waals surface area contributed by atoms with Crippen molar-refractivity contribution < 1.29 is 14.7 Å². The Bertz CT molecular complexity index is 472. The Morgan fingerprint density at radius 1 is 1.37 bits per heavy atom. The Kier molecular flexibility index (Phi) is 5.23. The molecule has 0 fully saturated rings. The maximum absolute atomic E-state index is 11.8. The van der Waals surface area contributed by atoms with Crippen LogP contribution in [0, 0.1) is 6.92 Å². The number of carboxylic acids is 1. The van der Waals surface area contributed by atoms with Crippen LogP contribution in [0.15, 0.2) is 6.20 Å². The van der Waals surface area contributed by atoms with Crippen molar-refractivity contribution in [1.82, 2.24) is 14.9 Å². The van der Waals surface area contributed by atoms with Gasteiger partial charge in [0.1, 0.15) is 17.2 Å². The summed E-state index contributed by atoms with van der Waals surface area (Å²) in [6.07, 6.45) is 1.23. The van der Waals surface area contributed by atoms with E-state index in [0.717, 1.165) is 0 Å². The number of aryl methyl sites for hydroxylation is 1. The molecule has 1 amide bonds. The third-order valence-corrected chi connectivity index (χ3v) is 2.66. The van der Waals surface area contributed by atoms with Crippen molar-refractivity contribution in [1.29, 1.82) is 0 Å². The van der Waals surface area contributed by atoms with E-state index in [-0.39, 0.29) is 23.8 Å². The lowest BCUT2D eigenvalue weighted by Crippen LogP contribution is -2.35. The Labute approximate surface area is 111 Å². The third kappa shape index (κ3) is 3.90. The number of likely N-dealkylation sites (N-methyl/N-ethyl adjacent to an activating group) is 1.